The molecule has 0 bridgehead atoms. The number of nitrogens with zero attached hydrogens (tertiary/aromatic N) is 1. The van der Waals surface area contributed by atoms with Gasteiger partial charge in [0, 0.05) is 59.4 Å². The zero-order valence-corrected chi connectivity index (χ0v) is 17.1. The van der Waals surface area contributed by atoms with Crippen LogP contribution in [0, 0.1) is 23.4 Å². The SMILES string of the molecule is O=C(NCc1c(F)cc(F)cc1F)c1ccc2c(c1)N(CC1C=CC=C1Cl)C(=O)CC2. The third kappa shape index (κ3) is 4.37. The summed E-state index contributed by atoms with van der Waals surface area (Å²) in [6.45, 7) is -0.0848. The monoisotopic (exact) mass is 446 g/mol. The summed E-state index contributed by atoms with van der Waals surface area (Å²) in [7, 11) is 0. The van der Waals surface area contributed by atoms with Gasteiger partial charge in [-0.2, -0.15) is 0 Å². The lowest BCUT2D eigenvalue weighted by Gasteiger charge is -2.31. The van der Waals surface area contributed by atoms with E-state index in [0.717, 1.165) is 5.56 Å². The smallest absolute Gasteiger partial charge is 0.251 e. The number of hydrogen-bond acceptors (Lipinski definition) is 2. The number of rotatable bonds is 5. The molecule has 2 aromatic rings. The van der Waals surface area contributed by atoms with Crippen molar-refractivity contribution in [1.82, 2.24) is 5.32 Å². The summed E-state index contributed by atoms with van der Waals surface area (Å²) in [4.78, 5) is 26.8. The van der Waals surface area contributed by atoms with Gasteiger partial charge in [0.1, 0.15) is 17.5 Å². The van der Waals surface area contributed by atoms with Crippen molar-refractivity contribution in [3.05, 3.63) is 87.7 Å². The molecule has 1 aliphatic carbocycles. The Bertz CT molecular complexity index is 1110. The standard InChI is InChI=1S/C23H18ClF3N2O2/c24-18-3-1-2-15(18)12-29-21-8-14(5-4-13(21)6-7-22(29)30)23(31)28-11-17-19(26)9-16(25)10-20(17)27/h1-5,8-10,15H,6-7,11-12H2,(H,28,31). The van der Waals surface area contributed by atoms with Gasteiger partial charge in [-0.3, -0.25) is 9.59 Å². The van der Waals surface area contributed by atoms with Gasteiger partial charge in [-0.1, -0.05) is 29.8 Å². The minimum atomic E-state index is -1.07. The van der Waals surface area contributed by atoms with E-state index in [1.807, 2.05) is 12.2 Å². The summed E-state index contributed by atoms with van der Waals surface area (Å²) in [5, 5.41) is 3.08. The lowest BCUT2D eigenvalue weighted by atomic mass is 9.97. The van der Waals surface area contributed by atoms with Crippen LogP contribution in [0.5, 0.6) is 0 Å². The van der Waals surface area contributed by atoms with Crippen LogP contribution in [-0.4, -0.2) is 18.4 Å². The first-order valence-electron chi connectivity index (χ1n) is 9.72. The zero-order chi connectivity index (χ0) is 22.1. The minimum absolute atomic E-state index is 0.0646. The molecule has 31 heavy (non-hydrogen) atoms. The van der Waals surface area contributed by atoms with Gasteiger partial charge in [-0.25, -0.2) is 13.2 Å². The summed E-state index contributed by atoms with van der Waals surface area (Å²) in [5.74, 6) is -3.92. The Morgan fingerprint density at radius 1 is 1.13 bits per heavy atom. The summed E-state index contributed by atoms with van der Waals surface area (Å²) in [6, 6.07) is 6.08. The fraction of sp³-hybridized carbons (Fsp3) is 0.217. The molecule has 1 N–H and O–H groups in total. The van der Waals surface area contributed by atoms with E-state index in [1.54, 1.807) is 29.2 Å². The highest BCUT2D eigenvalue weighted by Crippen LogP contribution is 2.32. The Morgan fingerprint density at radius 2 is 1.87 bits per heavy atom. The van der Waals surface area contributed by atoms with E-state index >= 15 is 0 Å². The molecule has 0 spiro atoms. The molecule has 0 saturated heterocycles. The topological polar surface area (TPSA) is 49.4 Å². The van der Waals surface area contributed by atoms with Crippen LogP contribution in [0.2, 0.25) is 0 Å². The Hall–Kier alpha value is -3.06. The Balaban J connectivity index is 1.54. The molecular weight excluding hydrogens is 429 g/mol. The van der Waals surface area contributed by atoms with E-state index in [1.165, 1.54) is 0 Å². The second kappa shape index (κ2) is 8.59. The van der Waals surface area contributed by atoms with Crippen molar-refractivity contribution >= 4 is 29.1 Å². The Labute approximate surface area is 182 Å². The van der Waals surface area contributed by atoms with Crippen LogP contribution in [-0.2, 0) is 17.8 Å². The predicted molar refractivity (Wildman–Crippen MR) is 111 cm³/mol. The molecule has 0 aromatic heterocycles. The summed E-state index contributed by atoms with van der Waals surface area (Å²) in [6.07, 6.45) is 6.44. The molecule has 2 aliphatic rings. The van der Waals surface area contributed by atoms with E-state index in [4.69, 9.17) is 11.6 Å². The van der Waals surface area contributed by atoms with Gasteiger partial charge in [-0.15, -0.1) is 0 Å². The van der Waals surface area contributed by atoms with Crippen LogP contribution < -0.4 is 10.2 Å². The molecule has 160 valence electrons. The number of benzene rings is 2. The second-order valence-electron chi connectivity index (χ2n) is 7.42. The van der Waals surface area contributed by atoms with Crippen LogP contribution in [0.1, 0.15) is 27.9 Å². The van der Waals surface area contributed by atoms with Crippen molar-refractivity contribution in [3.8, 4) is 0 Å². The average molecular weight is 447 g/mol. The van der Waals surface area contributed by atoms with Crippen molar-refractivity contribution in [2.75, 3.05) is 11.4 Å². The number of fused-ring (bicyclic) bond motifs is 1. The second-order valence-corrected chi connectivity index (χ2v) is 7.86. The van der Waals surface area contributed by atoms with E-state index in [2.05, 4.69) is 5.32 Å². The molecule has 0 fully saturated rings. The molecule has 2 aromatic carbocycles. The minimum Gasteiger partial charge on any atom is -0.348 e. The number of amides is 2. The van der Waals surface area contributed by atoms with Crippen molar-refractivity contribution in [3.63, 3.8) is 0 Å². The van der Waals surface area contributed by atoms with Crippen molar-refractivity contribution in [2.24, 2.45) is 5.92 Å². The van der Waals surface area contributed by atoms with Crippen LogP contribution in [0.15, 0.2) is 53.6 Å². The molecule has 1 aliphatic heterocycles. The normalized spacial score (nSPS) is 17.5. The average Bonchev–Trinajstić information content (AvgIpc) is 3.13. The maximum atomic E-state index is 13.8. The van der Waals surface area contributed by atoms with Crippen molar-refractivity contribution < 1.29 is 22.8 Å². The number of halogens is 4. The van der Waals surface area contributed by atoms with E-state index in [9.17, 15) is 22.8 Å². The van der Waals surface area contributed by atoms with Gasteiger partial charge in [0.15, 0.2) is 0 Å². The number of carbonyl (C=O) groups is 2. The van der Waals surface area contributed by atoms with E-state index < -0.39 is 35.5 Å². The maximum Gasteiger partial charge on any atom is 0.251 e. The molecule has 2 amide bonds. The van der Waals surface area contributed by atoms with Gasteiger partial charge in [0.05, 0.1) is 0 Å². The molecule has 0 saturated carbocycles. The van der Waals surface area contributed by atoms with E-state index in [-0.39, 0.29) is 17.4 Å². The number of carbonyl (C=O) groups excluding carboxylic acids is 2. The highest BCUT2D eigenvalue weighted by molar-refractivity contribution is 6.30. The zero-order valence-electron chi connectivity index (χ0n) is 16.3. The molecular formula is C23H18ClF3N2O2. The largest absolute Gasteiger partial charge is 0.348 e. The van der Waals surface area contributed by atoms with Crippen LogP contribution in [0.25, 0.3) is 0 Å². The highest BCUT2D eigenvalue weighted by atomic mass is 35.5. The van der Waals surface area contributed by atoms with Gasteiger partial charge >= 0.3 is 0 Å². The number of hydrogen-bond donors (Lipinski definition) is 1. The van der Waals surface area contributed by atoms with Gasteiger partial charge < -0.3 is 10.2 Å². The number of allylic oxidation sites excluding steroid dienone is 2. The van der Waals surface area contributed by atoms with Crippen molar-refractivity contribution in [1.29, 1.82) is 0 Å². The highest BCUT2D eigenvalue weighted by Gasteiger charge is 2.28. The van der Waals surface area contributed by atoms with E-state index in [0.29, 0.717) is 42.2 Å². The Kier molecular flexibility index (Phi) is 5.87. The fourth-order valence-corrected chi connectivity index (χ4v) is 3.95. The first-order chi connectivity index (χ1) is 14.8. The van der Waals surface area contributed by atoms with Crippen LogP contribution >= 0.6 is 11.6 Å². The molecule has 4 nitrogen and oxygen atoms in total. The summed E-state index contributed by atoms with van der Waals surface area (Å²) >= 11 is 6.20. The predicted octanol–water partition coefficient (Wildman–Crippen LogP) is 4.62. The lowest BCUT2D eigenvalue weighted by molar-refractivity contribution is -0.119. The molecule has 8 heteroatoms. The first kappa shape index (κ1) is 21.2. The van der Waals surface area contributed by atoms with Gasteiger partial charge in [-0.05, 0) is 30.2 Å². The number of nitrogens with one attached hydrogen (secondary N) is 1. The lowest BCUT2D eigenvalue weighted by Crippen LogP contribution is -2.38. The Morgan fingerprint density at radius 3 is 2.55 bits per heavy atom. The molecule has 1 atom stereocenters. The third-order valence-corrected chi connectivity index (χ3v) is 5.82. The first-order valence-corrected chi connectivity index (χ1v) is 10.1. The van der Waals surface area contributed by atoms with Crippen LogP contribution in [0.4, 0.5) is 18.9 Å². The number of aryl methyl sites for hydroxylation is 1. The van der Waals surface area contributed by atoms with Crippen LogP contribution in [0.3, 0.4) is 0 Å². The fourth-order valence-electron chi connectivity index (χ4n) is 3.73. The molecule has 1 unspecified atom stereocenters. The quantitative estimate of drug-likeness (QED) is 0.728. The van der Waals surface area contributed by atoms with Gasteiger partial charge in [0.2, 0.25) is 5.91 Å². The number of anilines is 1. The summed E-state index contributed by atoms with van der Waals surface area (Å²) in [5.41, 5.74) is 1.35. The van der Waals surface area contributed by atoms with Crippen molar-refractivity contribution in [2.45, 2.75) is 19.4 Å². The molecule has 0 radical (unpaired) electrons. The molecule has 1 heterocycles. The third-order valence-electron chi connectivity index (χ3n) is 5.41. The van der Waals surface area contributed by atoms with Gasteiger partial charge in [0.25, 0.3) is 5.91 Å². The maximum absolute atomic E-state index is 13.8. The molecule has 4 rings (SSSR count). The summed E-state index contributed by atoms with van der Waals surface area (Å²) < 4.78 is 40.7.